The molecule has 0 spiro atoms. The molecule has 0 saturated carbocycles. The Hall–Kier alpha value is -0.200. The lowest BCUT2D eigenvalue weighted by atomic mass is 9.94. The number of nitrogens with zero attached hydrogens (tertiary/aromatic N) is 1. The van der Waals surface area contributed by atoms with E-state index < -0.39 is 24.4 Å². The van der Waals surface area contributed by atoms with E-state index in [1.807, 2.05) is 11.8 Å². The minimum absolute atomic E-state index is 0.203. The van der Waals surface area contributed by atoms with Crippen molar-refractivity contribution in [3.05, 3.63) is 0 Å². The van der Waals surface area contributed by atoms with E-state index in [-0.39, 0.29) is 6.61 Å². The molecule has 1 aliphatic heterocycles. The normalized spacial score (nSPS) is 40.1. The van der Waals surface area contributed by atoms with Gasteiger partial charge in [-0.1, -0.05) is 6.92 Å². The largest absolute Gasteiger partial charge is 0.395 e. The van der Waals surface area contributed by atoms with Crippen molar-refractivity contribution in [3.63, 3.8) is 0 Å². The van der Waals surface area contributed by atoms with E-state index in [0.29, 0.717) is 13.1 Å². The van der Waals surface area contributed by atoms with Gasteiger partial charge in [0.15, 0.2) is 0 Å². The lowest BCUT2D eigenvalue weighted by Gasteiger charge is -2.43. The molecule has 0 aromatic rings. The Labute approximate surface area is 83.6 Å². The van der Waals surface area contributed by atoms with Gasteiger partial charge in [-0.15, -0.1) is 0 Å². The molecular weight excluding hydrogens is 186 g/mol. The summed E-state index contributed by atoms with van der Waals surface area (Å²) >= 11 is 0. The van der Waals surface area contributed by atoms with Crippen molar-refractivity contribution in [1.29, 1.82) is 0 Å². The SMILES string of the molecule is CCCN1C[C@@H](O)[C@@H](O)C(O)C1CO. The van der Waals surface area contributed by atoms with Gasteiger partial charge in [-0.25, -0.2) is 0 Å². The Bertz CT molecular complexity index is 178. The molecule has 1 saturated heterocycles. The summed E-state index contributed by atoms with van der Waals surface area (Å²) in [5.74, 6) is 0. The number of aliphatic hydroxyl groups is 4. The van der Waals surface area contributed by atoms with E-state index in [1.54, 1.807) is 0 Å². The summed E-state index contributed by atoms with van der Waals surface area (Å²) in [5.41, 5.74) is 0. The average Bonchev–Trinajstić information content (AvgIpc) is 2.16. The predicted molar refractivity (Wildman–Crippen MR) is 50.8 cm³/mol. The van der Waals surface area contributed by atoms with Gasteiger partial charge in [0, 0.05) is 6.54 Å². The van der Waals surface area contributed by atoms with Crippen molar-refractivity contribution < 1.29 is 20.4 Å². The number of rotatable bonds is 3. The number of piperidine rings is 1. The minimum atomic E-state index is -1.15. The fourth-order valence-corrected chi connectivity index (χ4v) is 1.92. The Balaban J connectivity index is 2.66. The summed E-state index contributed by atoms with van der Waals surface area (Å²) in [5, 5.41) is 37.5. The van der Waals surface area contributed by atoms with Crippen LogP contribution in [0.1, 0.15) is 13.3 Å². The molecule has 0 aromatic heterocycles. The standard InChI is InChI=1S/C9H19NO4/c1-2-3-10-4-7(12)9(14)8(13)6(10)5-11/h6-9,11-14H,2-5H2,1H3/t6?,7-,8?,9-/m1/s1. The van der Waals surface area contributed by atoms with Crippen molar-refractivity contribution in [3.8, 4) is 0 Å². The maximum atomic E-state index is 9.59. The van der Waals surface area contributed by atoms with E-state index in [2.05, 4.69) is 0 Å². The second kappa shape index (κ2) is 5.04. The van der Waals surface area contributed by atoms with Gasteiger partial charge in [0.2, 0.25) is 0 Å². The molecule has 0 aromatic carbocycles. The number of hydrogen-bond acceptors (Lipinski definition) is 5. The molecule has 4 N–H and O–H groups in total. The molecule has 4 atom stereocenters. The molecule has 2 unspecified atom stereocenters. The lowest BCUT2D eigenvalue weighted by Crippen LogP contribution is -2.62. The summed E-state index contributed by atoms with van der Waals surface area (Å²) in [6.45, 7) is 2.78. The predicted octanol–water partition coefficient (Wildman–Crippen LogP) is -1.84. The maximum Gasteiger partial charge on any atom is 0.109 e. The van der Waals surface area contributed by atoms with Crippen LogP contribution < -0.4 is 0 Å². The Morgan fingerprint density at radius 3 is 2.36 bits per heavy atom. The highest BCUT2D eigenvalue weighted by Gasteiger charge is 2.40. The van der Waals surface area contributed by atoms with Crippen LogP contribution in [0.2, 0.25) is 0 Å². The molecule has 5 heteroatoms. The summed E-state index contributed by atoms with van der Waals surface area (Å²) in [6, 6.07) is -0.464. The van der Waals surface area contributed by atoms with Crippen molar-refractivity contribution in [1.82, 2.24) is 4.90 Å². The summed E-state index contributed by atoms with van der Waals surface area (Å²) in [6.07, 6.45) is -2.28. The monoisotopic (exact) mass is 205 g/mol. The van der Waals surface area contributed by atoms with Crippen LogP contribution in [0, 0.1) is 0 Å². The van der Waals surface area contributed by atoms with Gasteiger partial charge in [0.05, 0.1) is 18.8 Å². The molecule has 0 bridgehead atoms. The molecule has 0 amide bonds. The molecule has 14 heavy (non-hydrogen) atoms. The van der Waals surface area contributed by atoms with Crippen LogP contribution in [-0.4, -0.2) is 69.4 Å². The van der Waals surface area contributed by atoms with Gasteiger partial charge in [-0.05, 0) is 13.0 Å². The molecule has 0 aliphatic carbocycles. The second-order valence-electron chi connectivity index (χ2n) is 3.79. The van der Waals surface area contributed by atoms with Crippen LogP contribution in [0.3, 0.4) is 0 Å². The Kier molecular flexibility index (Phi) is 4.28. The summed E-state index contributed by atoms with van der Waals surface area (Å²) < 4.78 is 0. The second-order valence-corrected chi connectivity index (χ2v) is 3.79. The topological polar surface area (TPSA) is 84.2 Å². The molecule has 1 fully saturated rings. The molecule has 1 aliphatic rings. The minimum Gasteiger partial charge on any atom is -0.395 e. The summed E-state index contributed by atoms with van der Waals surface area (Å²) in [4.78, 5) is 1.81. The van der Waals surface area contributed by atoms with Crippen LogP contribution in [0.4, 0.5) is 0 Å². The van der Waals surface area contributed by atoms with Gasteiger partial charge in [0.25, 0.3) is 0 Å². The van der Waals surface area contributed by atoms with E-state index in [4.69, 9.17) is 5.11 Å². The molecule has 84 valence electrons. The van der Waals surface area contributed by atoms with Crippen LogP contribution in [-0.2, 0) is 0 Å². The van der Waals surface area contributed by atoms with E-state index in [0.717, 1.165) is 6.42 Å². The fourth-order valence-electron chi connectivity index (χ4n) is 1.92. The van der Waals surface area contributed by atoms with E-state index >= 15 is 0 Å². The van der Waals surface area contributed by atoms with Crippen molar-refractivity contribution in [2.75, 3.05) is 19.7 Å². The van der Waals surface area contributed by atoms with E-state index in [1.165, 1.54) is 0 Å². The van der Waals surface area contributed by atoms with Gasteiger partial charge >= 0.3 is 0 Å². The molecule has 0 radical (unpaired) electrons. The third-order valence-corrected chi connectivity index (χ3v) is 2.73. The lowest BCUT2D eigenvalue weighted by molar-refractivity contribution is -0.144. The Morgan fingerprint density at radius 2 is 1.86 bits per heavy atom. The molecular formula is C9H19NO4. The van der Waals surface area contributed by atoms with Gasteiger partial charge in [0.1, 0.15) is 12.2 Å². The van der Waals surface area contributed by atoms with Crippen LogP contribution in [0.5, 0.6) is 0 Å². The third kappa shape index (κ3) is 2.24. The molecule has 1 heterocycles. The number of β-amino-alcohol motifs (C(OH)–C–C–N with tert-alkyl or cyclic N) is 1. The van der Waals surface area contributed by atoms with Crippen LogP contribution in [0.15, 0.2) is 0 Å². The highest BCUT2D eigenvalue weighted by molar-refractivity contribution is 4.93. The fraction of sp³-hybridized carbons (Fsp3) is 1.00. The first-order chi connectivity index (χ1) is 6.61. The van der Waals surface area contributed by atoms with Gasteiger partial charge < -0.3 is 20.4 Å². The molecule has 1 rings (SSSR count). The first-order valence-corrected chi connectivity index (χ1v) is 5.01. The van der Waals surface area contributed by atoms with E-state index in [9.17, 15) is 15.3 Å². The molecule has 5 nitrogen and oxygen atoms in total. The Morgan fingerprint density at radius 1 is 1.21 bits per heavy atom. The number of hydrogen-bond donors (Lipinski definition) is 4. The smallest absolute Gasteiger partial charge is 0.109 e. The summed E-state index contributed by atoms with van der Waals surface area (Å²) in [7, 11) is 0. The van der Waals surface area contributed by atoms with Gasteiger partial charge in [-0.3, -0.25) is 4.90 Å². The van der Waals surface area contributed by atoms with Crippen molar-refractivity contribution in [2.45, 2.75) is 37.7 Å². The van der Waals surface area contributed by atoms with Crippen LogP contribution in [0.25, 0.3) is 0 Å². The first-order valence-electron chi connectivity index (χ1n) is 5.01. The zero-order valence-corrected chi connectivity index (χ0v) is 8.37. The zero-order valence-electron chi connectivity index (χ0n) is 8.37. The number of likely N-dealkylation sites (tertiary alicyclic amines) is 1. The highest BCUT2D eigenvalue weighted by atomic mass is 16.4. The zero-order chi connectivity index (χ0) is 10.7. The van der Waals surface area contributed by atoms with Gasteiger partial charge in [-0.2, -0.15) is 0 Å². The van der Waals surface area contributed by atoms with Crippen molar-refractivity contribution in [2.24, 2.45) is 0 Å². The van der Waals surface area contributed by atoms with Crippen LogP contribution >= 0.6 is 0 Å². The van der Waals surface area contributed by atoms with Crippen molar-refractivity contribution >= 4 is 0 Å². The number of aliphatic hydroxyl groups excluding tert-OH is 4. The maximum absolute atomic E-state index is 9.59. The first kappa shape index (κ1) is 11.9. The quantitative estimate of drug-likeness (QED) is 0.435. The third-order valence-electron chi connectivity index (χ3n) is 2.73. The average molecular weight is 205 g/mol. The highest BCUT2D eigenvalue weighted by Crippen LogP contribution is 2.18.